The van der Waals surface area contributed by atoms with Crippen LogP contribution in [0.25, 0.3) is 11.1 Å². The quantitative estimate of drug-likeness (QED) is 0.189. The van der Waals surface area contributed by atoms with Crippen LogP contribution < -0.4 is 4.90 Å². The maximum atomic E-state index is 2.51. The van der Waals surface area contributed by atoms with Crippen molar-refractivity contribution in [3.05, 3.63) is 111 Å². The van der Waals surface area contributed by atoms with E-state index in [1.54, 1.807) is 0 Å². The number of nitrogens with zero attached hydrogens (tertiary/aromatic N) is 1. The molecule has 0 aromatic heterocycles. The highest BCUT2D eigenvalue weighted by atomic mass is 15.1. The predicted octanol–water partition coefficient (Wildman–Crippen LogP) is 12.9. The first-order valence-corrected chi connectivity index (χ1v) is 17.0. The summed E-state index contributed by atoms with van der Waals surface area (Å²) in [6, 6.07) is 26.2. The Morgan fingerprint density at radius 2 is 1.02 bits per heavy atom. The maximum absolute atomic E-state index is 2.51. The molecular formula is C43H55N. The molecule has 0 N–H and O–H groups in total. The summed E-state index contributed by atoms with van der Waals surface area (Å²) >= 11 is 0. The molecule has 44 heavy (non-hydrogen) atoms. The second-order valence-corrected chi connectivity index (χ2v) is 14.7. The van der Waals surface area contributed by atoms with Gasteiger partial charge in [-0.15, -0.1) is 0 Å². The molecule has 1 aliphatic carbocycles. The van der Waals surface area contributed by atoms with Crippen LogP contribution in [-0.2, 0) is 16.2 Å². The van der Waals surface area contributed by atoms with E-state index in [1.165, 1.54) is 72.7 Å². The van der Waals surface area contributed by atoms with E-state index < -0.39 is 0 Å². The fourth-order valence-electron chi connectivity index (χ4n) is 8.15. The van der Waals surface area contributed by atoms with Crippen molar-refractivity contribution in [3.63, 3.8) is 0 Å². The number of anilines is 3. The van der Waals surface area contributed by atoms with Gasteiger partial charge < -0.3 is 4.90 Å². The van der Waals surface area contributed by atoms with E-state index in [9.17, 15) is 0 Å². The number of rotatable bonds is 9. The van der Waals surface area contributed by atoms with Gasteiger partial charge in [0.05, 0.1) is 0 Å². The lowest BCUT2D eigenvalue weighted by atomic mass is 9.74. The van der Waals surface area contributed by atoms with Gasteiger partial charge in [-0.05, 0) is 151 Å². The van der Waals surface area contributed by atoms with Crippen molar-refractivity contribution in [2.75, 3.05) is 4.90 Å². The molecule has 0 unspecified atom stereocenters. The third-order valence-electron chi connectivity index (χ3n) is 11.7. The molecule has 1 nitrogen and oxygen atoms in total. The van der Waals surface area contributed by atoms with Crippen LogP contribution in [-0.4, -0.2) is 0 Å². The Morgan fingerprint density at radius 1 is 0.545 bits per heavy atom. The van der Waals surface area contributed by atoms with Gasteiger partial charge in [0.15, 0.2) is 0 Å². The lowest BCUT2D eigenvalue weighted by Crippen LogP contribution is -2.23. The number of benzene rings is 4. The Hall–Kier alpha value is -3.32. The first-order valence-electron chi connectivity index (χ1n) is 17.0. The molecule has 1 heteroatoms. The highest BCUT2D eigenvalue weighted by Crippen LogP contribution is 2.51. The molecule has 0 aliphatic heterocycles. The van der Waals surface area contributed by atoms with Gasteiger partial charge >= 0.3 is 0 Å². The fraction of sp³-hybridized carbons (Fsp3) is 0.442. The molecule has 1 aliphatic rings. The number of hydrogen-bond acceptors (Lipinski definition) is 1. The van der Waals surface area contributed by atoms with Crippen LogP contribution in [0.15, 0.2) is 66.7 Å². The Bertz CT molecular complexity index is 1670. The third-order valence-corrected chi connectivity index (χ3v) is 11.7. The summed E-state index contributed by atoms with van der Waals surface area (Å²) < 4.78 is 0. The largest absolute Gasteiger partial charge is 0.310 e. The third kappa shape index (κ3) is 5.11. The molecule has 4 aromatic carbocycles. The Balaban J connectivity index is 1.73. The Morgan fingerprint density at radius 3 is 1.57 bits per heavy atom. The molecule has 5 rings (SSSR count). The van der Waals surface area contributed by atoms with Crippen LogP contribution in [0, 0.1) is 27.7 Å². The minimum Gasteiger partial charge on any atom is -0.310 e. The molecular weight excluding hydrogens is 530 g/mol. The summed E-state index contributed by atoms with van der Waals surface area (Å²) in [5, 5.41) is 0. The molecule has 0 atom stereocenters. The van der Waals surface area contributed by atoms with Gasteiger partial charge in [0.25, 0.3) is 0 Å². The fourth-order valence-corrected chi connectivity index (χ4v) is 8.15. The topological polar surface area (TPSA) is 3.24 Å². The lowest BCUT2D eigenvalue weighted by Gasteiger charge is -2.34. The summed E-state index contributed by atoms with van der Waals surface area (Å²) in [4.78, 5) is 2.51. The average molecular weight is 586 g/mol. The van der Waals surface area contributed by atoms with Crippen molar-refractivity contribution in [1.82, 2.24) is 0 Å². The molecule has 0 spiro atoms. The molecule has 232 valence electrons. The molecule has 0 amide bonds. The molecule has 0 saturated heterocycles. The van der Waals surface area contributed by atoms with E-state index in [0.717, 1.165) is 25.7 Å². The lowest BCUT2D eigenvalue weighted by molar-refractivity contribution is 0.434. The van der Waals surface area contributed by atoms with Gasteiger partial charge in [0, 0.05) is 22.5 Å². The molecule has 0 radical (unpaired) electrons. The minimum atomic E-state index is -0.0536. The summed E-state index contributed by atoms with van der Waals surface area (Å²) in [7, 11) is 0. The zero-order chi connectivity index (χ0) is 32.2. The minimum absolute atomic E-state index is 0.0536. The van der Waals surface area contributed by atoms with Gasteiger partial charge in [-0.3, -0.25) is 0 Å². The first-order chi connectivity index (χ1) is 20.7. The van der Waals surface area contributed by atoms with Crippen molar-refractivity contribution in [2.24, 2.45) is 0 Å². The molecule has 0 saturated carbocycles. The van der Waals surface area contributed by atoms with Gasteiger partial charge in [-0.2, -0.15) is 0 Å². The number of fused-ring (bicyclic) bond motifs is 3. The normalized spacial score (nSPS) is 14.0. The summed E-state index contributed by atoms with van der Waals surface area (Å²) in [6.45, 7) is 28.1. The first kappa shape index (κ1) is 32.1. The van der Waals surface area contributed by atoms with Crippen molar-refractivity contribution in [1.29, 1.82) is 0 Å². The zero-order valence-electron chi connectivity index (χ0n) is 29.6. The summed E-state index contributed by atoms with van der Waals surface area (Å²) in [6.07, 6.45) is 4.56. The highest BCUT2D eigenvalue weighted by Gasteiger charge is 2.36. The smallest absolute Gasteiger partial charge is 0.0467 e. The van der Waals surface area contributed by atoms with E-state index in [4.69, 9.17) is 0 Å². The van der Waals surface area contributed by atoms with Gasteiger partial charge in [0.1, 0.15) is 0 Å². The summed E-state index contributed by atoms with van der Waals surface area (Å²) in [5.41, 5.74) is 18.1. The highest BCUT2D eigenvalue weighted by molar-refractivity contribution is 5.86. The average Bonchev–Trinajstić information content (AvgIpc) is 3.21. The standard InChI is InChI=1S/C43H55N/c1-13-42(11,14-2)37-22-19-32(24-29(37)6)44(34-25-30(7)40(31(8)26-34)43(12,15-3)16-4)33-18-21-36-35-20-17-28(5)23-38(35)41(9,10)39(36)27-33/h17-27H,13-16H2,1-12H3. The van der Waals surface area contributed by atoms with E-state index in [1.807, 2.05) is 0 Å². The van der Waals surface area contributed by atoms with Gasteiger partial charge in [0.2, 0.25) is 0 Å². The van der Waals surface area contributed by atoms with Crippen LogP contribution in [0.5, 0.6) is 0 Å². The number of hydrogen-bond donors (Lipinski definition) is 0. The van der Waals surface area contributed by atoms with Crippen LogP contribution in [0.4, 0.5) is 17.1 Å². The van der Waals surface area contributed by atoms with Crippen molar-refractivity contribution < 1.29 is 0 Å². The number of aryl methyl sites for hydroxylation is 4. The molecule has 0 heterocycles. The zero-order valence-corrected chi connectivity index (χ0v) is 29.6. The Labute approximate surface area is 268 Å². The van der Waals surface area contributed by atoms with Gasteiger partial charge in [-0.1, -0.05) is 91.3 Å². The van der Waals surface area contributed by atoms with E-state index >= 15 is 0 Å². The molecule has 0 fully saturated rings. The van der Waals surface area contributed by atoms with E-state index in [2.05, 4.69) is 155 Å². The van der Waals surface area contributed by atoms with Crippen molar-refractivity contribution in [3.8, 4) is 11.1 Å². The predicted molar refractivity (Wildman–Crippen MR) is 194 cm³/mol. The monoisotopic (exact) mass is 585 g/mol. The van der Waals surface area contributed by atoms with Crippen LogP contribution >= 0.6 is 0 Å². The van der Waals surface area contributed by atoms with Crippen molar-refractivity contribution in [2.45, 2.75) is 125 Å². The van der Waals surface area contributed by atoms with Gasteiger partial charge in [-0.25, -0.2) is 0 Å². The van der Waals surface area contributed by atoms with Crippen LogP contribution in [0.2, 0.25) is 0 Å². The maximum Gasteiger partial charge on any atom is 0.0467 e. The van der Waals surface area contributed by atoms with Crippen molar-refractivity contribution >= 4 is 17.1 Å². The van der Waals surface area contributed by atoms with E-state index in [0.29, 0.717) is 0 Å². The SMILES string of the molecule is CCC(C)(CC)c1ccc(N(c2cc(C)c(C(C)(CC)CC)c(C)c2)c2ccc3c(c2)C(C)(C)c2cc(C)ccc2-3)cc1C. The van der Waals surface area contributed by atoms with Crippen LogP contribution in [0.3, 0.4) is 0 Å². The molecule has 0 bridgehead atoms. The summed E-state index contributed by atoms with van der Waals surface area (Å²) in [5.74, 6) is 0. The molecule has 4 aromatic rings. The van der Waals surface area contributed by atoms with Crippen LogP contribution in [0.1, 0.15) is 126 Å². The van der Waals surface area contributed by atoms with E-state index in [-0.39, 0.29) is 16.2 Å². The second-order valence-electron chi connectivity index (χ2n) is 14.7. The Kier molecular flexibility index (Phi) is 8.43. The second kappa shape index (κ2) is 11.6.